The molecule has 0 spiro atoms. The van der Waals surface area contributed by atoms with Crippen molar-refractivity contribution in [3.63, 3.8) is 0 Å². The summed E-state index contributed by atoms with van der Waals surface area (Å²) in [6.07, 6.45) is 7.10. The van der Waals surface area contributed by atoms with E-state index in [2.05, 4.69) is 33.4 Å². The van der Waals surface area contributed by atoms with Crippen molar-refractivity contribution in [2.24, 2.45) is 5.92 Å². The molecule has 2 aromatic heterocycles. The number of benzene rings is 1. The summed E-state index contributed by atoms with van der Waals surface area (Å²) in [6, 6.07) is 6.28. The molecule has 6 rings (SSSR count). The van der Waals surface area contributed by atoms with Crippen LogP contribution >= 0.6 is 0 Å². The number of anilines is 1. The maximum Gasteiger partial charge on any atom is 0.260 e. The fourth-order valence-corrected chi connectivity index (χ4v) is 5.39. The summed E-state index contributed by atoms with van der Waals surface area (Å²) < 4.78 is 7.37. The molecule has 3 aromatic rings. The molecule has 1 saturated heterocycles. The minimum Gasteiger partial charge on any atom is -0.393 e. The summed E-state index contributed by atoms with van der Waals surface area (Å²) >= 11 is 0. The highest BCUT2D eigenvalue weighted by Crippen LogP contribution is 2.33. The zero-order valence-corrected chi connectivity index (χ0v) is 19.6. The maximum absolute atomic E-state index is 13.9. The van der Waals surface area contributed by atoms with E-state index in [9.17, 15) is 9.90 Å². The second-order valence-electron chi connectivity index (χ2n) is 10.2. The largest absolute Gasteiger partial charge is 0.393 e. The number of hydrogen-bond donors (Lipinski definition) is 2. The molecule has 0 unspecified atom stereocenters. The van der Waals surface area contributed by atoms with Crippen LogP contribution in [0.3, 0.4) is 0 Å². The van der Waals surface area contributed by atoms with Crippen molar-refractivity contribution in [1.29, 1.82) is 0 Å². The van der Waals surface area contributed by atoms with Gasteiger partial charge < -0.3 is 15.2 Å². The van der Waals surface area contributed by atoms with E-state index in [0.29, 0.717) is 30.4 Å². The van der Waals surface area contributed by atoms with Crippen LogP contribution in [0.25, 0.3) is 21.8 Å². The van der Waals surface area contributed by atoms with E-state index < -0.39 is 0 Å². The topological polar surface area (TPSA) is 92.5 Å². The number of ether oxygens (including phenoxy) is 1. The van der Waals surface area contributed by atoms with Gasteiger partial charge in [-0.15, -0.1) is 0 Å². The number of morpholine rings is 1. The van der Waals surface area contributed by atoms with E-state index in [1.807, 2.05) is 10.8 Å². The number of nitrogens with zero attached hydrogens (tertiary/aromatic N) is 4. The predicted molar refractivity (Wildman–Crippen MR) is 132 cm³/mol. The Morgan fingerprint density at radius 3 is 2.59 bits per heavy atom. The smallest absolute Gasteiger partial charge is 0.260 e. The molecule has 2 saturated carbocycles. The monoisotopic (exact) mass is 463 g/mol. The maximum atomic E-state index is 13.9. The van der Waals surface area contributed by atoms with Crippen molar-refractivity contribution >= 4 is 27.8 Å². The van der Waals surface area contributed by atoms with E-state index in [-0.39, 0.29) is 17.7 Å². The van der Waals surface area contributed by atoms with Crippen molar-refractivity contribution in [3.8, 4) is 0 Å². The van der Waals surface area contributed by atoms with Crippen LogP contribution in [0.2, 0.25) is 0 Å². The Morgan fingerprint density at radius 1 is 1.03 bits per heavy atom. The van der Waals surface area contributed by atoms with E-state index in [1.165, 1.54) is 12.8 Å². The van der Waals surface area contributed by atoms with Crippen LogP contribution < -0.4 is 10.9 Å². The van der Waals surface area contributed by atoms with Gasteiger partial charge in [0.05, 0.1) is 19.3 Å². The van der Waals surface area contributed by atoms with Gasteiger partial charge in [0.1, 0.15) is 5.65 Å². The second-order valence-corrected chi connectivity index (χ2v) is 10.2. The zero-order valence-electron chi connectivity index (χ0n) is 19.6. The van der Waals surface area contributed by atoms with E-state index in [1.54, 1.807) is 0 Å². The first kappa shape index (κ1) is 21.9. The fourth-order valence-electron chi connectivity index (χ4n) is 5.39. The molecule has 2 N–H and O–H groups in total. The van der Waals surface area contributed by atoms with Crippen molar-refractivity contribution < 1.29 is 9.84 Å². The lowest BCUT2D eigenvalue weighted by molar-refractivity contribution is 0.0342. The van der Waals surface area contributed by atoms with Crippen LogP contribution in [0.15, 0.2) is 29.2 Å². The third-order valence-corrected chi connectivity index (χ3v) is 7.61. The summed E-state index contributed by atoms with van der Waals surface area (Å²) in [6.45, 7) is 5.03. The molecule has 0 atom stereocenters. The fraction of sp³-hybridized carbons (Fsp3) is 0.577. The Kier molecular flexibility index (Phi) is 5.97. The van der Waals surface area contributed by atoms with E-state index in [0.717, 1.165) is 74.0 Å². The molecule has 8 nitrogen and oxygen atoms in total. The second kappa shape index (κ2) is 9.24. The first-order valence-corrected chi connectivity index (χ1v) is 12.7. The van der Waals surface area contributed by atoms with Crippen molar-refractivity contribution in [2.45, 2.75) is 57.2 Å². The summed E-state index contributed by atoms with van der Waals surface area (Å²) in [4.78, 5) is 25.8. The summed E-state index contributed by atoms with van der Waals surface area (Å²) in [5.74, 6) is 1.30. The van der Waals surface area contributed by atoms with Gasteiger partial charge in [0.25, 0.3) is 5.56 Å². The van der Waals surface area contributed by atoms with Gasteiger partial charge in [0.2, 0.25) is 5.95 Å². The normalized spacial score (nSPS) is 24.0. The highest BCUT2D eigenvalue weighted by molar-refractivity contribution is 6.04. The Hall–Kier alpha value is -2.55. The average Bonchev–Trinajstić information content (AvgIpc) is 3.69. The van der Waals surface area contributed by atoms with Crippen LogP contribution in [-0.4, -0.2) is 63.5 Å². The number of pyridine rings is 1. The van der Waals surface area contributed by atoms with Gasteiger partial charge in [-0.1, -0.05) is 12.1 Å². The number of aliphatic hydroxyl groups excluding tert-OH is 1. The lowest BCUT2D eigenvalue weighted by Gasteiger charge is -2.28. The highest BCUT2D eigenvalue weighted by Gasteiger charge is 2.26. The molecule has 34 heavy (non-hydrogen) atoms. The quantitative estimate of drug-likeness (QED) is 0.543. The lowest BCUT2D eigenvalue weighted by Crippen LogP contribution is -2.35. The van der Waals surface area contributed by atoms with Crippen molar-refractivity contribution in [1.82, 2.24) is 19.4 Å². The molecule has 0 amide bonds. The minimum absolute atomic E-state index is 0.0135. The zero-order chi connectivity index (χ0) is 23.1. The van der Waals surface area contributed by atoms with Crippen LogP contribution in [0.1, 0.15) is 50.1 Å². The van der Waals surface area contributed by atoms with E-state index >= 15 is 0 Å². The van der Waals surface area contributed by atoms with Crippen molar-refractivity contribution in [3.05, 3.63) is 40.3 Å². The van der Waals surface area contributed by atoms with Gasteiger partial charge in [0.15, 0.2) is 0 Å². The summed E-state index contributed by atoms with van der Waals surface area (Å²) in [5.41, 5.74) is 1.85. The van der Waals surface area contributed by atoms with Crippen molar-refractivity contribution in [2.75, 3.05) is 38.2 Å². The van der Waals surface area contributed by atoms with Gasteiger partial charge in [-0.05, 0) is 61.5 Å². The molecule has 1 aliphatic heterocycles. The van der Waals surface area contributed by atoms with Gasteiger partial charge in [0, 0.05) is 49.2 Å². The molecule has 3 fully saturated rings. The Balaban J connectivity index is 1.44. The molecule has 1 aromatic carbocycles. The van der Waals surface area contributed by atoms with Gasteiger partial charge in [-0.2, -0.15) is 4.98 Å². The van der Waals surface area contributed by atoms with Gasteiger partial charge >= 0.3 is 0 Å². The third kappa shape index (κ3) is 4.42. The van der Waals surface area contributed by atoms with E-state index in [4.69, 9.17) is 9.72 Å². The first-order chi connectivity index (χ1) is 16.7. The molecule has 180 valence electrons. The third-order valence-electron chi connectivity index (χ3n) is 7.61. The predicted octanol–water partition coefficient (Wildman–Crippen LogP) is 3.07. The van der Waals surface area contributed by atoms with Crippen LogP contribution in [0.4, 0.5) is 5.95 Å². The summed E-state index contributed by atoms with van der Waals surface area (Å²) in [5, 5.41) is 16.0. The first-order valence-electron chi connectivity index (χ1n) is 12.7. The van der Waals surface area contributed by atoms with Gasteiger partial charge in [-0.25, -0.2) is 4.98 Å². The average molecular weight is 464 g/mol. The number of rotatable bonds is 6. The number of aromatic nitrogens is 3. The molecule has 3 aliphatic rings. The molecule has 2 aliphatic carbocycles. The van der Waals surface area contributed by atoms with Crippen LogP contribution in [0, 0.1) is 5.92 Å². The Labute approximate surface area is 198 Å². The Bertz CT molecular complexity index is 1240. The highest BCUT2D eigenvalue weighted by atomic mass is 16.5. The SMILES string of the molecule is O=c1c2cc(CN3CCOCC3)ccc2c2cnc(NCC3CC3)nc2n1[C@H]1CC[C@H](O)CC1. The molecular weight excluding hydrogens is 430 g/mol. The van der Waals surface area contributed by atoms with Crippen LogP contribution in [-0.2, 0) is 11.3 Å². The number of hydrogen-bond acceptors (Lipinski definition) is 7. The molecular formula is C26H33N5O3. The minimum atomic E-state index is -0.274. The standard InChI is InChI=1S/C26H33N5O3/c32-20-6-4-19(5-7-20)31-24-23(15-28-26(29-24)27-14-17-1-2-17)21-8-3-18(13-22(21)25(31)33)16-30-9-11-34-12-10-30/h3,8,13,15,17,19-20,32H,1-2,4-7,9-12,14,16H2,(H,27,28,29)/t19-,20-. The number of nitrogens with one attached hydrogen (secondary N) is 1. The number of aliphatic hydroxyl groups is 1. The van der Waals surface area contributed by atoms with Crippen LogP contribution in [0.5, 0.6) is 0 Å². The molecule has 0 bridgehead atoms. The molecule has 3 heterocycles. The molecule has 8 heteroatoms. The van der Waals surface area contributed by atoms with Gasteiger partial charge in [-0.3, -0.25) is 14.3 Å². The Morgan fingerprint density at radius 2 is 1.82 bits per heavy atom. The lowest BCUT2D eigenvalue weighted by atomic mass is 9.92. The summed E-state index contributed by atoms with van der Waals surface area (Å²) in [7, 11) is 0. The number of fused-ring (bicyclic) bond motifs is 3. The molecule has 0 radical (unpaired) electrons.